The summed E-state index contributed by atoms with van der Waals surface area (Å²) in [5.41, 5.74) is 0.246. The van der Waals surface area contributed by atoms with Gasteiger partial charge >= 0.3 is 5.97 Å². The second kappa shape index (κ2) is 8.63. The number of hydrogen-bond donors (Lipinski definition) is 2. The molecule has 22 heavy (non-hydrogen) atoms. The highest BCUT2D eigenvalue weighted by molar-refractivity contribution is 6.31. The monoisotopic (exact) mass is 327 g/mol. The van der Waals surface area contributed by atoms with E-state index in [0.29, 0.717) is 23.8 Å². The smallest absolute Gasteiger partial charge is 0.326 e. The van der Waals surface area contributed by atoms with Crippen LogP contribution in [0.2, 0.25) is 5.02 Å². The fourth-order valence-electron chi connectivity index (χ4n) is 1.92. The summed E-state index contributed by atoms with van der Waals surface area (Å²) < 4.78 is 5.52. The van der Waals surface area contributed by atoms with Gasteiger partial charge in [0.05, 0.1) is 12.2 Å². The quantitative estimate of drug-likeness (QED) is 0.767. The second-order valence-electron chi connectivity index (χ2n) is 5.16. The lowest BCUT2D eigenvalue weighted by Gasteiger charge is -2.21. The number of rotatable bonds is 8. The molecule has 0 saturated heterocycles. The van der Waals surface area contributed by atoms with Crippen molar-refractivity contribution >= 4 is 23.5 Å². The van der Waals surface area contributed by atoms with Crippen molar-refractivity contribution in [3.05, 3.63) is 28.8 Å². The third kappa shape index (κ3) is 4.91. The van der Waals surface area contributed by atoms with Crippen LogP contribution in [-0.4, -0.2) is 29.6 Å². The molecule has 0 aliphatic rings. The molecular formula is C16H22ClNO4. The van der Waals surface area contributed by atoms with E-state index in [0.717, 1.165) is 6.42 Å². The molecule has 0 aromatic heterocycles. The van der Waals surface area contributed by atoms with E-state index >= 15 is 0 Å². The molecule has 2 N–H and O–H groups in total. The highest BCUT2D eigenvalue weighted by Gasteiger charge is 2.27. The lowest BCUT2D eigenvalue weighted by Crippen LogP contribution is -2.45. The Morgan fingerprint density at radius 1 is 1.36 bits per heavy atom. The molecule has 0 radical (unpaired) electrons. The molecule has 5 nitrogen and oxygen atoms in total. The number of benzene rings is 1. The molecule has 2 unspecified atom stereocenters. The van der Waals surface area contributed by atoms with Gasteiger partial charge in [0.2, 0.25) is 0 Å². The standard InChI is InChI=1S/C16H22ClNO4/c1-4-8-22-13-7-6-11(17)9-12(13)15(19)18-14(16(20)21)10(3)5-2/h6-7,9-10,14H,4-5,8H2,1-3H3,(H,18,19)(H,20,21). The van der Waals surface area contributed by atoms with Gasteiger partial charge in [-0.3, -0.25) is 4.79 Å². The van der Waals surface area contributed by atoms with E-state index in [1.54, 1.807) is 19.1 Å². The van der Waals surface area contributed by atoms with Crippen LogP contribution in [0.4, 0.5) is 0 Å². The molecule has 1 rings (SSSR count). The van der Waals surface area contributed by atoms with Crippen molar-refractivity contribution in [2.24, 2.45) is 5.92 Å². The first-order chi connectivity index (χ1) is 10.4. The number of nitrogens with one attached hydrogen (secondary N) is 1. The van der Waals surface area contributed by atoms with Crippen LogP contribution in [0.3, 0.4) is 0 Å². The molecule has 0 bridgehead atoms. The van der Waals surface area contributed by atoms with E-state index in [-0.39, 0.29) is 11.5 Å². The lowest BCUT2D eigenvalue weighted by atomic mass is 9.99. The molecule has 1 amide bonds. The Kier molecular flexibility index (Phi) is 7.18. The normalized spacial score (nSPS) is 13.3. The van der Waals surface area contributed by atoms with E-state index in [4.69, 9.17) is 16.3 Å². The second-order valence-corrected chi connectivity index (χ2v) is 5.60. The predicted octanol–water partition coefficient (Wildman–Crippen LogP) is 3.36. The van der Waals surface area contributed by atoms with Crippen LogP contribution in [0, 0.1) is 5.92 Å². The van der Waals surface area contributed by atoms with Crippen LogP contribution in [0.15, 0.2) is 18.2 Å². The van der Waals surface area contributed by atoms with Crippen LogP contribution >= 0.6 is 11.6 Å². The van der Waals surface area contributed by atoms with Gasteiger partial charge in [-0.1, -0.05) is 38.8 Å². The van der Waals surface area contributed by atoms with Crippen LogP contribution in [0.5, 0.6) is 5.75 Å². The van der Waals surface area contributed by atoms with Gasteiger partial charge in [-0.15, -0.1) is 0 Å². The highest BCUT2D eigenvalue weighted by atomic mass is 35.5. The summed E-state index contributed by atoms with van der Waals surface area (Å²) in [5, 5.41) is 12.2. The minimum absolute atomic E-state index is 0.180. The number of ether oxygens (including phenoxy) is 1. The van der Waals surface area contributed by atoms with Gasteiger partial charge in [-0.25, -0.2) is 4.79 Å². The third-order valence-electron chi connectivity index (χ3n) is 3.41. The summed E-state index contributed by atoms with van der Waals surface area (Å²) in [5.74, 6) is -1.33. The van der Waals surface area contributed by atoms with Crippen molar-refractivity contribution in [2.75, 3.05) is 6.61 Å². The van der Waals surface area contributed by atoms with Crippen molar-refractivity contribution in [2.45, 2.75) is 39.7 Å². The predicted molar refractivity (Wildman–Crippen MR) is 85.6 cm³/mol. The molecule has 2 atom stereocenters. The zero-order valence-electron chi connectivity index (χ0n) is 13.1. The maximum atomic E-state index is 12.4. The average Bonchev–Trinajstić information content (AvgIpc) is 2.50. The Labute approximate surface area is 135 Å². The maximum absolute atomic E-state index is 12.4. The van der Waals surface area contributed by atoms with Gasteiger partial charge in [0.1, 0.15) is 11.8 Å². The summed E-state index contributed by atoms with van der Waals surface area (Å²) in [6.45, 7) is 6.09. The highest BCUT2D eigenvalue weighted by Crippen LogP contribution is 2.23. The Morgan fingerprint density at radius 2 is 2.05 bits per heavy atom. The first kappa shape index (κ1) is 18.3. The maximum Gasteiger partial charge on any atom is 0.326 e. The van der Waals surface area contributed by atoms with E-state index in [2.05, 4.69) is 5.32 Å². The molecule has 0 saturated carbocycles. The van der Waals surface area contributed by atoms with E-state index < -0.39 is 17.9 Å². The Bertz CT molecular complexity index is 533. The average molecular weight is 328 g/mol. The number of amides is 1. The van der Waals surface area contributed by atoms with Crippen LogP contribution in [0.25, 0.3) is 0 Å². The largest absolute Gasteiger partial charge is 0.493 e. The zero-order chi connectivity index (χ0) is 16.7. The van der Waals surface area contributed by atoms with Gasteiger partial charge in [0.25, 0.3) is 5.91 Å². The van der Waals surface area contributed by atoms with E-state index in [1.165, 1.54) is 6.07 Å². The fraction of sp³-hybridized carbons (Fsp3) is 0.500. The van der Waals surface area contributed by atoms with Gasteiger partial charge in [-0.05, 0) is 30.5 Å². The minimum Gasteiger partial charge on any atom is -0.493 e. The Morgan fingerprint density at radius 3 is 2.59 bits per heavy atom. The molecule has 0 aliphatic heterocycles. The molecule has 122 valence electrons. The SMILES string of the molecule is CCCOc1ccc(Cl)cc1C(=O)NC(C(=O)O)C(C)CC. The zero-order valence-corrected chi connectivity index (χ0v) is 13.8. The number of aliphatic carboxylic acids is 1. The first-order valence-corrected chi connectivity index (χ1v) is 7.74. The van der Waals surface area contributed by atoms with Gasteiger partial charge in [-0.2, -0.15) is 0 Å². The molecule has 1 aromatic rings. The van der Waals surface area contributed by atoms with E-state index in [9.17, 15) is 14.7 Å². The molecule has 0 aliphatic carbocycles. The summed E-state index contributed by atoms with van der Waals surface area (Å²) >= 11 is 5.93. The number of hydrogen-bond acceptors (Lipinski definition) is 3. The van der Waals surface area contributed by atoms with Crippen LogP contribution in [0.1, 0.15) is 44.0 Å². The summed E-state index contributed by atoms with van der Waals surface area (Å²) in [7, 11) is 0. The number of carbonyl (C=O) groups is 2. The minimum atomic E-state index is -1.05. The summed E-state index contributed by atoms with van der Waals surface area (Å²) in [6, 6.07) is 3.78. The van der Waals surface area contributed by atoms with Crippen molar-refractivity contribution in [1.29, 1.82) is 0 Å². The van der Waals surface area contributed by atoms with Gasteiger partial charge in [0, 0.05) is 5.02 Å². The fourth-order valence-corrected chi connectivity index (χ4v) is 2.09. The number of carboxylic acids is 1. The van der Waals surface area contributed by atoms with Gasteiger partial charge in [0.15, 0.2) is 0 Å². The van der Waals surface area contributed by atoms with Crippen molar-refractivity contribution in [3.8, 4) is 5.75 Å². The first-order valence-electron chi connectivity index (χ1n) is 7.36. The molecule has 1 aromatic carbocycles. The molecule has 0 fully saturated rings. The van der Waals surface area contributed by atoms with E-state index in [1.807, 2.05) is 13.8 Å². The number of carboxylic acid groups (broad SMARTS) is 1. The van der Waals surface area contributed by atoms with Crippen molar-refractivity contribution < 1.29 is 19.4 Å². The van der Waals surface area contributed by atoms with Crippen molar-refractivity contribution in [1.82, 2.24) is 5.32 Å². The third-order valence-corrected chi connectivity index (χ3v) is 3.65. The van der Waals surface area contributed by atoms with Crippen LogP contribution < -0.4 is 10.1 Å². The molecular weight excluding hydrogens is 306 g/mol. The Hall–Kier alpha value is -1.75. The van der Waals surface area contributed by atoms with Gasteiger partial charge < -0.3 is 15.2 Å². The molecule has 6 heteroatoms. The summed E-state index contributed by atoms with van der Waals surface area (Å²) in [6.07, 6.45) is 1.44. The Balaban J connectivity index is 3.00. The molecule has 0 spiro atoms. The van der Waals surface area contributed by atoms with Crippen molar-refractivity contribution in [3.63, 3.8) is 0 Å². The summed E-state index contributed by atoms with van der Waals surface area (Å²) in [4.78, 5) is 23.7. The molecule has 0 heterocycles. The number of carbonyl (C=O) groups excluding carboxylic acids is 1. The lowest BCUT2D eigenvalue weighted by molar-refractivity contribution is -0.140. The number of halogens is 1. The van der Waals surface area contributed by atoms with Crippen LogP contribution in [-0.2, 0) is 4.79 Å². The topological polar surface area (TPSA) is 75.6 Å².